The monoisotopic (exact) mass is 289 g/mol. The predicted octanol–water partition coefficient (Wildman–Crippen LogP) is 1.29. The van der Waals surface area contributed by atoms with Crippen LogP contribution in [0.25, 0.3) is 0 Å². The number of carbonyl (C=O) groups is 2. The van der Waals surface area contributed by atoms with Crippen molar-refractivity contribution in [2.45, 2.75) is 20.3 Å². The summed E-state index contributed by atoms with van der Waals surface area (Å²) in [6.07, 6.45) is 5.64. The van der Waals surface area contributed by atoms with Gasteiger partial charge in [-0.05, 0) is 19.0 Å². The molecule has 0 aromatic carbocycles. The van der Waals surface area contributed by atoms with Gasteiger partial charge in [-0.2, -0.15) is 4.99 Å². The molecule has 21 heavy (non-hydrogen) atoms. The van der Waals surface area contributed by atoms with E-state index in [1.54, 1.807) is 6.08 Å². The van der Waals surface area contributed by atoms with E-state index in [2.05, 4.69) is 9.98 Å². The summed E-state index contributed by atoms with van der Waals surface area (Å²) in [5, 5.41) is 8.74. The fourth-order valence-corrected chi connectivity index (χ4v) is 2.32. The number of hydrogen-bond acceptors (Lipinski definition) is 4. The molecule has 2 rings (SSSR count). The summed E-state index contributed by atoms with van der Waals surface area (Å²) in [6.45, 7) is 5.36. The van der Waals surface area contributed by atoms with E-state index in [-0.39, 0.29) is 18.2 Å². The third-order valence-corrected chi connectivity index (χ3v) is 3.56. The number of amides is 1. The first kappa shape index (κ1) is 15.3. The molecule has 1 atom stereocenters. The molecule has 2 aliphatic rings. The number of amidine groups is 1. The quantitative estimate of drug-likeness (QED) is 0.799. The molecule has 1 N–H and O–H groups in total. The normalized spacial score (nSPS) is 20.8. The Morgan fingerprint density at radius 3 is 2.86 bits per heavy atom. The molecule has 1 aliphatic heterocycles. The molecule has 1 amide bonds. The van der Waals surface area contributed by atoms with Crippen LogP contribution in [-0.2, 0) is 9.59 Å². The smallest absolute Gasteiger partial charge is 0.304 e. The highest BCUT2D eigenvalue weighted by atomic mass is 16.4. The molecule has 112 valence electrons. The highest BCUT2D eigenvalue weighted by Gasteiger charge is 2.29. The van der Waals surface area contributed by atoms with Crippen LogP contribution in [0, 0.1) is 5.92 Å². The number of carbonyl (C=O) groups excluding carboxylic acids is 1. The second-order valence-electron chi connectivity index (χ2n) is 5.09. The van der Waals surface area contributed by atoms with E-state index in [1.165, 1.54) is 0 Å². The first-order chi connectivity index (χ1) is 10.0. The molecule has 0 radical (unpaired) electrons. The third kappa shape index (κ3) is 3.72. The lowest BCUT2D eigenvalue weighted by atomic mass is 9.91. The number of fused-ring (bicyclic) bond motifs is 1. The average Bonchev–Trinajstić information content (AvgIpc) is 2.44. The molecule has 0 fully saturated rings. The van der Waals surface area contributed by atoms with E-state index in [1.807, 2.05) is 30.9 Å². The Labute approximate surface area is 123 Å². The Morgan fingerprint density at radius 1 is 1.43 bits per heavy atom. The van der Waals surface area contributed by atoms with E-state index in [0.29, 0.717) is 25.5 Å². The molecule has 1 unspecified atom stereocenters. The SMILES string of the molecule is CCN(CCC(=O)O)CC1=NC(=O)C2C=CC=C(C)C2=N1. The molecule has 0 spiro atoms. The van der Waals surface area contributed by atoms with Gasteiger partial charge in [-0.3, -0.25) is 14.5 Å². The molecule has 0 saturated carbocycles. The number of likely N-dealkylation sites (N-methyl/N-ethyl adjacent to an activating group) is 1. The number of nitrogens with zero attached hydrogens (tertiary/aromatic N) is 3. The Kier molecular flexibility index (Phi) is 4.80. The zero-order valence-corrected chi connectivity index (χ0v) is 12.2. The largest absolute Gasteiger partial charge is 0.481 e. The Hall–Kier alpha value is -2.08. The number of rotatable bonds is 6. The van der Waals surface area contributed by atoms with E-state index in [0.717, 1.165) is 11.3 Å². The highest BCUT2D eigenvalue weighted by Crippen LogP contribution is 2.21. The number of hydrogen-bond donors (Lipinski definition) is 1. The first-order valence-corrected chi connectivity index (χ1v) is 7.01. The van der Waals surface area contributed by atoms with Crippen LogP contribution in [0.4, 0.5) is 0 Å². The van der Waals surface area contributed by atoms with Crippen LogP contribution in [-0.4, -0.2) is 53.1 Å². The molecule has 0 saturated heterocycles. The maximum atomic E-state index is 12.1. The van der Waals surface area contributed by atoms with Crippen LogP contribution in [0.3, 0.4) is 0 Å². The minimum atomic E-state index is -0.835. The fourth-order valence-electron chi connectivity index (χ4n) is 2.32. The molecular formula is C15H19N3O3. The summed E-state index contributed by atoms with van der Waals surface area (Å²) < 4.78 is 0. The van der Waals surface area contributed by atoms with E-state index in [4.69, 9.17) is 5.11 Å². The first-order valence-electron chi connectivity index (χ1n) is 7.01. The van der Waals surface area contributed by atoms with Crippen LogP contribution in [0.2, 0.25) is 0 Å². The number of allylic oxidation sites excluding steroid dienone is 3. The number of aliphatic imine (C=N–C) groups is 2. The molecule has 0 bridgehead atoms. The molecule has 0 aromatic heterocycles. The lowest BCUT2D eigenvalue weighted by Gasteiger charge is -2.24. The maximum absolute atomic E-state index is 12.1. The van der Waals surface area contributed by atoms with Gasteiger partial charge in [0.1, 0.15) is 11.8 Å². The summed E-state index contributed by atoms with van der Waals surface area (Å²) in [5.74, 6) is -0.944. The van der Waals surface area contributed by atoms with Gasteiger partial charge in [-0.15, -0.1) is 0 Å². The van der Waals surface area contributed by atoms with Gasteiger partial charge in [0.05, 0.1) is 18.7 Å². The van der Waals surface area contributed by atoms with Crippen molar-refractivity contribution in [2.75, 3.05) is 19.6 Å². The van der Waals surface area contributed by atoms with Crippen LogP contribution in [0.5, 0.6) is 0 Å². The molecule has 1 heterocycles. The van der Waals surface area contributed by atoms with Crippen molar-refractivity contribution in [3.05, 3.63) is 23.8 Å². The van der Waals surface area contributed by atoms with Crippen molar-refractivity contribution in [1.82, 2.24) is 4.90 Å². The lowest BCUT2D eigenvalue weighted by molar-refractivity contribution is -0.137. The average molecular weight is 289 g/mol. The number of carboxylic acids is 1. The predicted molar refractivity (Wildman–Crippen MR) is 80.6 cm³/mol. The van der Waals surface area contributed by atoms with E-state index < -0.39 is 5.97 Å². The molecule has 6 nitrogen and oxygen atoms in total. The van der Waals surface area contributed by atoms with Crippen molar-refractivity contribution in [1.29, 1.82) is 0 Å². The van der Waals surface area contributed by atoms with Gasteiger partial charge in [-0.1, -0.05) is 25.2 Å². The molecule has 0 aromatic rings. The van der Waals surface area contributed by atoms with Crippen molar-refractivity contribution >= 4 is 23.4 Å². The van der Waals surface area contributed by atoms with E-state index in [9.17, 15) is 9.59 Å². The van der Waals surface area contributed by atoms with Crippen molar-refractivity contribution in [3.63, 3.8) is 0 Å². The van der Waals surface area contributed by atoms with Crippen LogP contribution < -0.4 is 0 Å². The molecule has 1 aliphatic carbocycles. The summed E-state index contributed by atoms with van der Waals surface area (Å²) in [6, 6.07) is 0. The van der Waals surface area contributed by atoms with Gasteiger partial charge < -0.3 is 5.11 Å². The molecule has 6 heteroatoms. The standard InChI is InChI=1S/C15H19N3O3/c1-3-18(8-7-13(19)20)9-12-16-14-10(2)5-4-6-11(14)15(21)17-12/h4-6,11H,3,7-9H2,1-2H3,(H,19,20). The second kappa shape index (κ2) is 6.58. The maximum Gasteiger partial charge on any atom is 0.304 e. The van der Waals surface area contributed by atoms with Gasteiger partial charge in [0, 0.05) is 6.54 Å². The number of aliphatic carboxylic acids is 1. The van der Waals surface area contributed by atoms with Crippen LogP contribution >= 0.6 is 0 Å². The van der Waals surface area contributed by atoms with Crippen LogP contribution in [0.1, 0.15) is 20.3 Å². The lowest BCUT2D eigenvalue weighted by Crippen LogP contribution is -2.36. The summed E-state index contributed by atoms with van der Waals surface area (Å²) in [7, 11) is 0. The topological polar surface area (TPSA) is 82.3 Å². The van der Waals surface area contributed by atoms with E-state index >= 15 is 0 Å². The zero-order valence-electron chi connectivity index (χ0n) is 12.2. The molecular weight excluding hydrogens is 270 g/mol. The Morgan fingerprint density at radius 2 is 2.19 bits per heavy atom. The second-order valence-corrected chi connectivity index (χ2v) is 5.09. The highest BCUT2D eigenvalue weighted by molar-refractivity contribution is 6.23. The van der Waals surface area contributed by atoms with Crippen molar-refractivity contribution < 1.29 is 14.7 Å². The third-order valence-electron chi connectivity index (χ3n) is 3.56. The Bertz CT molecular complexity index is 573. The summed E-state index contributed by atoms with van der Waals surface area (Å²) >= 11 is 0. The Balaban J connectivity index is 2.10. The van der Waals surface area contributed by atoms with Gasteiger partial charge >= 0.3 is 5.97 Å². The summed E-state index contributed by atoms with van der Waals surface area (Å²) in [5.41, 5.74) is 1.72. The van der Waals surface area contributed by atoms with Crippen LogP contribution in [0.15, 0.2) is 33.8 Å². The minimum Gasteiger partial charge on any atom is -0.481 e. The van der Waals surface area contributed by atoms with Gasteiger partial charge in [0.2, 0.25) is 0 Å². The van der Waals surface area contributed by atoms with Gasteiger partial charge in [-0.25, -0.2) is 4.99 Å². The van der Waals surface area contributed by atoms with Gasteiger partial charge in [0.25, 0.3) is 5.91 Å². The van der Waals surface area contributed by atoms with Crippen molar-refractivity contribution in [3.8, 4) is 0 Å². The fraction of sp³-hybridized carbons (Fsp3) is 0.467. The summed E-state index contributed by atoms with van der Waals surface area (Å²) in [4.78, 5) is 33.1. The van der Waals surface area contributed by atoms with Gasteiger partial charge in [0.15, 0.2) is 0 Å². The van der Waals surface area contributed by atoms with Crippen molar-refractivity contribution in [2.24, 2.45) is 15.9 Å². The minimum absolute atomic E-state index is 0.0654. The number of carboxylic acid groups (broad SMARTS) is 1. The zero-order chi connectivity index (χ0) is 15.4.